The van der Waals surface area contributed by atoms with Crippen LogP contribution < -0.4 is 27.5 Å². The Morgan fingerprint density at radius 3 is 1.97 bits per heavy atom. The smallest absolute Gasteiger partial charge is 0.251 e. The van der Waals surface area contributed by atoms with E-state index in [9.17, 15) is 9.59 Å². The van der Waals surface area contributed by atoms with Crippen LogP contribution in [-0.4, -0.2) is 36.6 Å². The Balaban J connectivity index is 1.93. The van der Waals surface area contributed by atoms with Crippen LogP contribution in [0.2, 0.25) is 0 Å². The maximum Gasteiger partial charge on any atom is 0.251 e. The van der Waals surface area contributed by atoms with Crippen LogP contribution in [0.15, 0.2) is 58.9 Å². The minimum atomic E-state index is -0.297. The number of nitrogens with one attached hydrogen (secondary N) is 5. The number of nitrogens with two attached hydrogens (primary N) is 2. The highest BCUT2D eigenvalue weighted by atomic mass is 16.2. The molecule has 2 aromatic carbocycles. The first kappa shape index (κ1) is 23.0. The molecule has 2 amide bonds. The van der Waals surface area contributed by atoms with E-state index >= 15 is 0 Å². The third kappa shape index (κ3) is 8.31. The number of hydrogen-bond acceptors (Lipinski definition) is 6. The van der Waals surface area contributed by atoms with Gasteiger partial charge in [-0.3, -0.25) is 25.8 Å². The number of hydrogen-bond donors (Lipinski definition) is 7. The molecule has 0 atom stereocenters. The van der Waals surface area contributed by atoms with Gasteiger partial charge in [0, 0.05) is 37.1 Å². The lowest BCUT2D eigenvalue weighted by Crippen LogP contribution is -2.27. The summed E-state index contributed by atoms with van der Waals surface area (Å²) in [6.07, 6.45) is 0.564. The van der Waals surface area contributed by atoms with Gasteiger partial charge in [-0.1, -0.05) is 17.4 Å². The summed E-state index contributed by atoms with van der Waals surface area (Å²) in [7, 11) is 0. The summed E-state index contributed by atoms with van der Waals surface area (Å²) in [6, 6.07) is 13.3. The van der Waals surface area contributed by atoms with E-state index in [0.717, 1.165) is 0 Å². The topological polar surface area (TPSA) is 195 Å². The number of amidine groups is 2. The molecule has 0 aromatic heterocycles. The van der Waals surface area contributed by atoms with Crippen LogP contribution in [0.1, 0.15) is 33.6 Å². The molecule has 31 heavy (non-hydrogen) atoms. The van der Waals surface area contributed by atoms with Crippen LogP contribution >= 0.6 is 0 Å². The molecule has 0 aliphatic heterocycles. The van der Waals surface area contributed by atoms with Gasteiger partial charge >= 0.3 is 0 Å². The molecule has 0 aliphatic carbocycles. The van der Waals surface area contributed by atoms with E-state index in [4.69, 9.17) is 22.3 Å². The van der Waals surface area contributed by atoms with Crippen LogP contribution in [0, 0.1) is 10.8 Å². The van der Waals surface area contributed by atoms with Crippen molar-refractivity contribution in [2.24, 2.45) is 21.8 Å². The second-order valence-corrected chi connectivity index (χ2v) is 6.51. The molecule has 0 saturated heterocycles. The Kier molecular flexibility index (Phi) is 8.65. The summed E-state index contributed by atoms with van der Waals surface area (Å²) in [5.41, 5.74) is 15.1. The molecule has 9 N–H and O–H groups in total. The maximum absolute atomic E-state index is 12.1. The number of carbonyl (C=O) groups is 2. The predicted octanol–water partition coefficient (Wildman–Crippen LogP) is 1.91. The normalized spacial score (nSPS) is 10.5. The van der Waals surface area contributed by atoms with E-state index in [-0.39, 0.29) is 49.4 Å². The number of nitrogens with zero attached hydrogens (tertiary/aromatic N) is 2. The average molecular weight is 423 g/mol. The number of anilines is 1. The van der Waals surface area contributed by atoms with Crippen molar-refractivity contribution in [3.63, 3.8) is 0 Å². The quantitative estimate of drug-likeness (QED) is 0.125. The number of amides is 2. The van der Waals surface area contributed by atoms with Crippen molar-refractivity contribution in [2.75, 3.05) is 18.5 Å². The van der Waals surface area contributed by atoms with E-state index in [1.165, 1.54) is 0 Å². The molecule has 2 aromatic rings. The van der Waals surface area contributed by atoms with Crippen molar-refractivity contribution >= 4 is 34.9 Å². The molecule has 0 fully saturated rings. The highest BCUT2D eigenvalue weighted by Gasteiger charge is 2.07. The van der Waals surface area contributed by atoms with E-state index < -0.39 is 0 Å². The second kappa shape index (κ2) is 11.7. The summed E-state index contributed by atoms with van der Waals surface area (Å²) in [4.78, 5) is 24.2. The molecule has 0 radical (unpaired) electrons. The zero-order valence-electron chi connectivity index (χ0n) is 16.8. The van der Waals surface area contributed by atoms with Crippen LogP contribution in [0.5, 0.6) is 0 Å². The fourth-order valence-corrected chi connectivity index (χ4v) is 2.41. The summed E-state index contributed by atoms with van der Waals surface area (Å²) in [5.74, 6) is -0.569. The van der Waals surface area contributed by atoms with Crippen molar-refractivity contribution in [1.82, 2.24) is 10.6 Å². The zero-order chi connectivity index (χ0) is 22.6. The first-order valence-electron chi connectivity index (χ1n) is 9.44. The van der Waals surface area contributed by atoms with E-state index in [1.54, 1.807) is 48.5 Å². The molecule has 0 unspecified atom stereocenters. The Labute approximate surface area is 179 Å². The van der Waals surface area contributed by atoms with Crippen molar-refractivity contribution in [3.8, 4) is 0 Å². The molecule has 0 heterocycles. The number of carbonyl (C=O) groups excluding carboxylic acids is 2. The molecule has 11 nitrogen and oxygen atoms in total. The maximum atomic E-state index is 12.1. The Bertz CT molecular complexity index is 988. The molecule has 11 heteroatoms. The Morgan fingerprint density at radius 1 is 0.839 bits per heavy atom. The van der Waals surface area contributed by atoms with Crippen LogP contribution in [0.4, 0.5) is 11.4 Å². The lowest BCUT2D eigenvalue weighted by molar-refractivity contribution is 0.0946. The highest BCUT2D eigenvalue weighted by molar-refractivity contribution is 5.95. The lowest BCUT2D eigenvalue weighted by Gasteiger charge is -2.06. The first-order valence-corrected chi connectivity index (χ1v) is 9.44. The van der Waals surface area contributed by atoms with Crippen molar-refractivity contribution in [1.29, 1.82) is 10.8 Å². The van der Waals surface area contributed by atoms with Gasteiger partial charge in [0.2, 0.25) is 0 Å². The minimum Gasteiger partial charge on any atom is -0.388 e. The summed E-state index contributed by atoms with van der Waals surface area (Å²) < 4.78 is 0. The van der Waals surface area contributed by atoms with Crippen molar-refractivity contribution in [2.45, 2.75) is 12.8 Å². The van der Waals surface area contributed by atoms with Gasteiger partial charge in [0.1, 0.15) is 0 Å². The average Bonchev–Trinajstić information content (AvgIpc) is 2.73. The van der Waals surface area contributed by atoms with Crippen LogP contribution in [0.25, 0.3) is 0 Å². The largest absolute Gasteiger partial charge is 0.388 e. The zero-order valence-corrected chi connectivity index (χ0v) is 16.8. The third-order valence-corrected chi connectivity index (χ3v) is 3.94. The van der Waals surface area contributed by atoms with Gasteiger partial charge in [0.05, 0.1) is 23.0 Å². The van der Waals surface area contributed by atoms with Gasteiger partial charge in [-0.25, -0.2) is 0 Å². The molecular weight excluding hydrogens is 398 g/mol. The fraction of sp³-hybridized carbons (Fsp3) is 0.200. The predicted molar refractivity (Wildman–Crippen MR) is 119 cm³/mol. The molecule has 2 rings (SSSR count). The van der Waals surface area contributed by atoms with Gasteiger partial charge in [-0.05, 0) is 36.4 Å². The van der Waals surface area contributed by atoms with Gasteiger partial charge in [0.15, 0.2) is 0 Å². The molecule has 0 spiro atoms. The minimum absolute atomic E-state index is 0.00605. The SMILES string of the molecule is N=C(N)CCNC(=O)c1cccc(N=NNc2cccc(C(=O)NCCC(=N)N)c2)c1. The van der Waals surface area contributed by atoms with Gasteiger partial charge in [-0.2, -0.15) is 0 Å². The van der Waals surface area contributed by atoms with E-state index in [0.29, 0.717) is 22.5 Å². The standard InChI is InChI=1S/C20H25N9O2/c21-17(22)7-9-25-19(30)13-3-1-5-15(11-13)27-29-28-16-6-2-4-14(12-16)20(31)26-10-8-18(23)24/h1-6,11-12H,7-10H2,(H3,21,22)(H3,23,24)(H,25,30)(H,26,31)(H,27,28). The monoisotopic (exact) mass is 423 g/mol. The third-order valence-electron chi connectivity index (χ3n) is 3.94. The summed E-state index contributed by atoms with van der Waals surface area (Å²) >= 11 is 0. The molecule has 0 aliphatic rings. The van der Waals surface area contributed by atoms with Crippen molar-refractivity contribution in [3.05, 3.63) is 59.7 Å². The van der Waals surface area contributed by atoms with Gasteiger partial charge in [-0.15, -0.1) is 5.11 Å². The molecule has 0 saturated carbocycles. The highest BCUT2D eigenvalue weighted by Crippen LogP contribution is 2.16. The van der Waals surface area contributed by atoms with Gasteiger partial charge in [0.25, 0.3) is 11.8 Å². The first-order chi connectivity index (χ1) is 14.8. The second-order valence-electron chi connectivity index (χ2n) is 6.51. The number of rotatable bonds is 11. The van der Waals surface area contributed by atoms with E-state index in [2.05, 4.69) is 26.4 Å². The van der Waals surface area contributed by atoms with Gasteiger partial charge < -0.3 is 22.1 Å². The summed E-state index contributed by atoms with van der Waals surface area (Å²) in [6.45, 7) is 0.560. The van der Waals surface area contributed by atoms with E-state index in [1.807, 2.05) is 0 Å². The molecule has 162 valence electrons. The van der Waals surface area contributed by atoms with Crippen LogP contribution in [0.3, 0.4) is 0 Å². The fourth-order valence-electron chi connectivity index (χ4n) is 2.41. The van der Waals surface area contributed by atoms with Crippen LogP contribution in [-0.2, 0) is 0 Å². The summed E-state index contributed by atoms with van der Waals surface area (Å²) in [5, 5.41) is 27.6. The Morgan fingerprint density at radius 2 is 1.39 bits per heavy atom. The molecular formula is C20H25N9O2. The Hall–Kier alpha value is -4.28. The number of benzene rings is 2. The van der Waals surface area contributed by atoms with Crippen molar-refractivity contribution < 1.29 is 9.59 Å². The molecule has 0 bridgehead atoms. The lowest BCUT2D eigenvalue weighted by atomic mass is 10.2.